The summed E-state index contributed by atoms with van der Waals surface area (Å²) in [7, 11) is 1.88. The summed E-state index contributed by atoms with van der Waals surface area (Å²) in [4.78, 5) is 21.8. The fraction of sp³-hybridized carbons (Fsp3) is 0.214. The predicted molar refractivity (Wildman–Crippen MR) is 78.7 cm³/mol. The summed E-state index contributed by atoms with van der Waals surface area (Å²) in [6.45, 7) is 1.97. The Labute approximate surface area is 120 Å². The van der Waals surface area contributed by atoms with Crippen molar-refractivity contribution in [1.29, 1.82) is 0 Å². The van der Waals surface area contributed by atoms with Gasteiger partial charge in [0.1, 0.15) is 5.52 Å². The van der Waals surface area contributed by atoms with Crippen LogP contribution in [0.15, 0.2) is 36.1 Å². The van der Waals surface area contributed by atoms with Crippen LogP contribution in [0.1, 0.15) is 28.2 Å². The van der Waals surface area contributed by atoms with Gasteiger partial charge in [-0.2, -0.15) is 0 Å². The molecule has 5 nitrogen and oxygen atoms in total. The van der Waals surface area contributed by atoms with Crippen LogP contribution in [0, 0.1) is 0 Å². The van der Waals surface area contributed by atoms with Crippen LogP contribution >= 0.6 is 11.3 Å². The number of aryl methyl sites for hydroxylation is 1. The number of rotatable bonds is 3. The second kappa shape index (κ2) is 5.05. The van der Waals surface area contributed by atoms with E-state index in [9.17, 15) is 4.79 Å². The first-order chi connectivity index (χ1) is 9.65. The van der Waals surface area contributed by atoms with E-state index in [0.29, 0.717) is 5.56 Å². The summed E-state index contributed by atoms with van der Waals surface area (Å²) in [6.07, 6.45) is 3.27. The molecule has 0 aromatic carbocycles. The molecule has 0 saturated heterocycles. The Balaban J connectivity index is 1.81. The largest absolute Gasteiger partial charge is 0.345 e. The Kier molecular flexibility index (Phi) is 3.23. The van der Waals surface area contributed by atoms with Crippen LogP contribution in [-0.2, 0) is 7.05 Å². The van der Waals surface area contributed by atoms with E-state index in [0.717, 1.165) is 16.0 Å². The molecule has 20 heavy (non-hydrogen) atoms. The Morgan fingerprint density at radius 3 is 3.05 bits per heavy atom. The maximum absolute atomic E-state index is 12.2. The second-order valence-electron chi connectivity index (χ2n) is 4.63. The van der Waals surface area contributed by atoms with Gasteiger partial charge in [-0.1, -0.05) is 6.07 Å². The fourth-order valence-corrected chi connectivity index (χ4v) is 2.76. The molecule has 0 fully saturated rings. The standard InChI is InChI=1S/C14H14N4OS/c1-9(12-4-3-5-20-12)17-14(19)10-6-11-13(15-7-10)18(2)8-16-11/h3-9H,1-2H3,(H,17,19). The first kappa shape index (κ1) is 12.8. The number of pyridine rings is 1. The van der Waals surface area contributed by atoms with Crippen molar-refractivity contribution in [2.75, 3.05) is 0 Å². The molecule has 1 N–H and O–H groups in total. The zero-order valence-corrected chi connectivity index (χ0v) is 12.0. The topological polar surface area (TPSA) is 59.8 Å². The van der Waals surface area contributed by atoms with Crippen molar-refractivity contribution in [2.45, 2.75) is 13.0 Å². The van der Waals surface area contributed by atoms with Gasteiger partial charge in [0.2, 0.25) is 0 Å². The Morgan fingerprint density at radius 2 is 2.30 bits per heavy atom. The number of amides is 1. The minimum Gasteiger partial charge on any atom is -0.345 e. The lowest BCUT2D eigenvalue weighted by atomic mass is 10.2. The number of nitrogens with zero attached hydrogens (tertiary/aromatic N) is 3. The monoisotopic (exact) mass is 286 g/mol. The molecule has 102 valence electrons. The zero-order valence-electron chi connectivity index (χ0n) is 11.2. The number of fused-ring (bicyclic) bond motifs is 1. The molecular formula is C14H14N4OS. The van der Waals surface area contributed by atoms with Gasteiger partial charge in [0.05, 0.1) is 17.9 Å². The van der Waals surface area contributed by atoms with Crippen LogP contribution in [0.3, 0.4) is 0 Å². The third kappa shape index (κ3) is 2.30. The smallest absolute Gasteiger partial charge is 0.253 e. The highest BCUT2D eigenvalue weighted by Gasteiger charge is 2.13. The van der Waals surface area contributed by atoms with Gasteiger partial charge in [-0.3, -0.25) is 4.79 Å². The van der Waals surface area contributed by atoms with Crippen molar-refractivity contribution in [3.8, 4) is 0 Å². The Hall–Kier alpha value is -2.21. The van der Waals surface area contributed by atoms with E-state index >= 15 is 0 Å². The molecule has 1 atom stereocenters. The molecule has 0 aliphatic heterocycles. The number of carbonyl (C=O) groups is 1. The summed E-state index contributed by atoms with van der Waals surface area (Å²) in [5.41, 5.74) is 2.02. The van der Waals surface area contributed by atoms with Crippen LogP contribution in [-0.4, -0.2) is 20.4 Å². The van der Waals surface area contributed by atoms with Crippen molar-refractivity contribution in [3.63, 3.8) is 0 Å². The molecule has 6 heteroatoms. The second-order valence-corrected chi connectivity index (χ2v) is 5.61. The highest BCUT2D eigenvalue weighted by Crippen LogP contribution is 2.19. The van der Waals surface area contributed by atoms with E-state index < -0.39 is 0 Å². The van der Waals surface area contributed by atoms with Gasteiger partial charge in [-0.05, 0) is 24.4 Å². The SMILES string of the molecule is CC(NC(=O)c1cnc2c(c1)ncn2C)c1cccs1. The van der Waals surface area contributed by atoms with E-state index in [1.165, 1.54) is 0 Å². The molecule has 0 aliphatic carbocycles. The molecule has 3 aromatic rings. The predicted octanol–water partition coefficient (Wildman–Crippen LogP) is 2.52. The van der Waals surface area contributed by atoms with Crippen LogP contribution < -0.4 is 5.32 Å². The van der Waals surface area contributed by atoms with Gasteiger partial charge in [0.25, 0.3) is 5.91 Å². The number of carbonyl (C=O) groups excluding carboxylic acids is 1. The number of hydrogen-bond acceptors (Lipinski definition) is 4. The maximum Gasteiger partial charge on any atom is 0.253 e. The Morgan fingerprint density at radius 1 is 1.45 bits per heavy atom. The van der Waals surface area contributed by atoms with Crippen LogP contribution in [0.25, 0.3) is 11.2 Å². The number of aromatic nitrogens is 3. The molecule has 0 bridgehead atoms. The number of imidazole rings is 1. The summed E-state index contributed by atoms with van der Waals surface area (Å²) >= 11 is 1.63. The van der Waals surface area contributed by atoms with Gasteiger partial charge in [0, 0.05) is 18.1 Å². The minimum absolute atomic E-state index is 0.0121. The number of thiophene rings is 1. The van der Waals surface area contributed by atoms with Crippen molar-refractivity contribution < 1.29 is 4.79 Å². The van der Waals surface area contributed by atoms with Gasteiger partial charge in [-0.25, -0.2) is 9.97 Å². The summed E-state index contributed by atoms with van der Waals surface area (Å²) in [5.74, 6) is -0.133. The molecule has 3 heterocycles. The average molecular weight is 286 g/mol. The lowest BCUT2D eigenvalue weighted by Crippen LogP contribution is -2.26. The van der Waals surface area contributed by atoms with E-state index in [-0.39, 0.29) is 11.9 Å². The van der Waals surface area contributed by atoms with E-state index in [1.54, 1.807) is 29.9 Å². The maximum atomic E-state index is 12.2. The normalized spacial score (nSPS) is 12.5. The zero-order chi connectivity index (χ0) is 14.1. The summed E-state index contributed by atoms with van der Waals surface area (Å²) in [6, 6.07) is 5.74. The Bertz CT molecular complexity index is 748. The van der Waals surface area contributed by atoms with Crippen LogP contribution in [0.2, 0.25) is 0 Å². The van der Waals surface area contributed by atoms with Gasteiger partial charge in [-0.15, -0.1) is 11.3 Å². The number of hydrogen-bond donors (Lipinski definition) is 1. The van der Waals surface area contributed by atoms with Gasteiger partial charge in [0.15, 0.2) is 5.65 Å². The lowest BCUT2D eigenvalue weighted by molar-refractivity contribution is 0.0940. The third-order valence-electron chi connectivity index (χ3n) is 3.13. The summed E-state index contributed by atoms with van der Waals surface area (Å²) in [5, 5.41) is 4.97. The molecule has 1 amide bonds. The molecule has 0 aliphatic rings. The van der Waals surface area contributed by atoms with Crippen molar-refractivity contribution in [1.82, 2.24) is 19.9 Å². The molecule has 0 radical (unpaired) electrons. The van der Waals surface area contributed by atoms with Crippen molar-refractivity contribution in [3.05, 3.63) is 46.5 Å². The van der Waals surface area contributed by atoms with Gasteiger partial charge >= 0.3 is 0 Å². The average Bonchev–Trinajstić information content (AvgIpc) is 3.08. The quantitative estimate of drug-likeness (QED) is 0.805. The van der Waals surface area contributed by atoms with Gasteiger partial charge < -0.3 is 9.88 Å². The van der Waals surface area contributed by atoms with E-state index in [4.69, 9.17) is 0 Å². The van der Waals surface area contributed by atoms with E-state index in [1.807, 2.05) is 36.1 Å². The van der Waals surface area contributed by atoms with Crippen LogP contribution in [0.4, 0.5) is 0 Å². The lowest BCUT2D eigenvalue weighted by Gasteiger charge is -2.11. The van der Waals surface area contributed by atoms with Crippen LogP contribution in [0.5, 0.6) is 0 Å². The minimum atomic E-state index is -0.133. The highest BCUT2D eigenvalue weighted by molar-refractivity contribution is 7.10. The molecular weight excluding hydrogens is 272 g/mol. The molecule has 3 aromatic heterocycles. The fourth-order valence-electron chi connectivity index (χ4n) is 2.03. The molecule has 3 rings (SSSR count). The molecule has 1 unspecified atom stereocenters. The number of nitrogens with one attached hydrogen (secondary N) is 1. The highest BCUT2D eigenvalue weighted by atomic mass is 32.1. The van der Waals surface area contributed by atoms with E-state index in [2.05, 4.69) is 15.3 Å². The summed E-state index contributed by atoms with van der Waals surface area (Å²) < 4.78 is 1.82. The van der Waals surface area contributed by atoms with Crippen molar-refractivity contribution in [2.24, 2.45) is 7.05 Å². The molecule has 0 saturated carbocycles. The van der Waals surface area contributed by atoms with Crippen molar-refractivity contribution >= 4 is 28.4 Å². The first-order valence-corrected chi connectivity index (χ1v) is 7.14. The third-order valence-corrected chi connectivity index (χ3v) is 4.19. The molecule has 0 spiro atoms. The first-order valence-electron chi connectivity index (χ1n) is 6.26.